The molecule has 0 rings (SSSR count). The Morgan fingerprint density at radius 3 is 2.59 bits per heavy atom. The summed E-state index contributed by atoms with van der Waals surface area (Å²) in [6, 6.07) is 0. The van der Waals surface area contributed by atoms with Crippen molar-refractivity contribution in [2.24, 2.45) is 9.16 Å². The maximum absolute atomic E-state index is 10.8. The molecule has 1 unspecified atom stereocenters. The summed E-state index contributed by atoms with van der Waals surface area (Å²) in [5.41, 5.74) is 0. The van der Waals surface area contributed by atoms with Gasteiger partial charge in [-0.1, -0.05) is 6.42 Å². The van der Waals surface area contributed by atoms with Crippen LogP contribution in [0.15, 0.2) is 9.16 Å². The lowest BCUT2D eigenvalue weighted by Gasteiger charge is -2.10. The molecule has 1 atom stereocenters. The van der Waals surface area contributed by atoms with Crippen LogP contribution in [-0.4, -0.2) is 24.1 Å². The Hall–Kier alpha value is -0.630. The van der Waals surface area contributed by atoms with Crippen molar-refractivity contribution in [3.05, 3.63) is 9.81 Å². The lowest BCUT2D eigenvalue weighted by atomic mass is 10.1. The van der Waals surface area contributed by atoms with Gasteiger partial charge in [0.05, 0.1) is 7.11 Å². The molecule has 6 nitrogen and oxygen atoms in total. The van der Waals surface area contributed by atoms with Crippen LogP contribution in [0.25, 0.3) is 0 Å². The number of nitroso groups, excluding NO2 is 2. The normalized spacial score (nSPS) is 11.8. The number of nitrogens with zero attached hydrogens (tertiary/aromatic N) is 2. The molecule has 0 fully saturated rings. The smallest absolute Gasteiger partial charge is 0.305 e. The number of rotatable bonds is 11. The van der Waals surface area contributed by atoms with Crippen molar-refractivity contribution < 1.29 is 9.53 Å². The van der Waals surface area contributed by atoms with Gasteiger partial charge in [0.15, 0.2) is 0 Å². The van der Waals surface area contributed by atoms with Crippen molar-refractivity contribution in [2.45, 2.75) is 37.4 Å². The fourth-order valence-corrected chi connectivity index (χ4v) is 2.51. The average molecular weight is 280 g/mol. The first kappa shape index (κ1) is 16.4. The van der Waals surface area contributed by atoms with Crippen molar-refractivity contribution in [1.29, 1.82) is 0 Å². The van der Waals surface area contributed by atoms with Gasteiger partial charge in [0.1, 0.15) is 0 Å². The maximum atomic E-state index is 10.8. The Morgan fingerprint density at radius 1 is 1.24 bits per heavy atom. The molecule has 0 aliphatic carbocycles. The molecule has 0 amide bonds. The number of methoxy groups -OCH3 is 1. The summed E-state index contributed by atoms with van der Waals surface area (Å²) < 4.78 is 10.0. The van der Waals surface area contributed by atoms with Gasteiger partial charge in [0.2, 0.25) is 0 Å². The Bertz CT molecular complexity index is 241. The molecule has 0 aromatic carbocycles. The van der Waals surface area contributed by atoms with E-state index in [9.17, 15) is 14.6 Å². The first-order valence-corrected chi connectivity index (χ1v) is 7.02. The molecule has 0 aliphatic heterocycles. The molecule has 0 saturated heterocycles. The van der Waals surface area contributed by atoms with Crippen LogP contribution in [0.3, 0.4) is 0 Å². The van der Waals surface area contributed by atoms with E-state index in [1.165, 1.54) is 7.11 Å². The molecule has 0 aromatic rings. The van der Waals surface area contributed by atoms with Crippen LogP contribution < -0.4 is 0 Å². The van der Waals surface area contributed by atoms with E-state index in [-0.39, 0.29) is 11.2 Å². The van der Waals surface area contributed by atoms with Gasteiger partial charge in [-0.2, -0.15) is 0 Å². The van der Waals surface area contributed by atoms with Crippen LogP contribution in [0, 0.1) is 9.81 Å². The van der Waals surface area contributed by atoms with Crippen LogP contribution in [0.2, 0.25) is 0 Å². The van der Waals surface area contributed by atoms with Crippen molar-refractivity contribution in [1.82, 2.24) is 0 Å². The topological polar surface area (TPSA) is 85.2 Å². The highest BCUT2D eigenvalue weighted by Crippen LogP contribution is 2.23. The minimum absolute atomic E-state index is 0.0967. The Kier molecular flexibility index (Phi) is 11.4. The van der Waals surface area contributed by atoms with E-state index in [1.54, 1.807) is 0 Å². The molecule has 0 aliphatic rings. The van der Waals surface area contributed by atoms with Crippen molar-refractivity contribution in [3.8, 4) is 0 Å². The molecule has 0 saturated carbocycles. The Labute approximate surface area is 109 Å². The lowest BCUT2D eigenvalue weighted by molar-refractivity contribution is -0.140. The van der Waals surface area contributed by atoms with Gasteiger partial charge in [-0.05, 0) is 19.3 Å². The summed E-state index contributed by atoms with van der Waals surface area (Å²) in [5.74, 6) is 0.372. The zero-order valence-electron chi connectivity index (χ0n) is 9.66. The summed E-state index contributed by atoms with van der Waals surface area (Å²) in [5, 5.41) is 0.0967. The zero-order valence-corrected chi connectivity index (χ0v) is 11.3. The van der Waals surface area contributed by atoms with Gasteiger partial charge in [0.25, 0.3) is 0 Å². The highest BCUT2D eigenvalue weighted by atomic mass is 32.2. The average Bonchev–Trinajstić information content (AvgIpc) is 2.34. The zero-order chi connectivity index (χ0) is 12.9. The van der Waals surface area contributed by atoms with Crippen molar-refractivity contribution >= 4 is 29.9 Å². The SMILES string of the molecule is COC(=O)CCCCC(CCSN=O)SN=O. The minimum atomic E-state index is -0.219. The molecular formula is C9H16N2O4S2. The molecule has 0 bridgehead atoms. The van der Waals surface area contributed by atoms with Gasteiger partial charge in [-0.3, -0.25) is 4.79 Å². The van der Waals surface area contributed by atoms with Gasteiger partial charge in [-0.15, -0.1) is 9.81 Å². The third kappa shape index (κ3) is 10.3. The fourth-order valence-electron chi connectivity index (χ4n) is 1.28. The van der Waals surface area contributed by atoms with Gasteiger partial charge < -0.3 is 4.74 Å². The summed E-state index contributed by atoms with van der Waals surface area (Å²) in [4.78, 5) is 30.9. The molecule has 17 heavy (non-hydrogen) atoms. The monoisotopic (exact) mass is 280 g/mol. The molecule has 98 valence electrons. The number of unbranched alkanes of at least 4 members (excludes halogenated alkanes) is 1. The van der Waals surface area contributed by atoms with Crippen molar-refractivity contribution in [3.63, 3.8) is 0 Å². The van der Waals surface area contributed by atoms with E-state index in [1.807, 2.05) is 0 Å². The molecular weight excluding hydrogens is 264 g/mol. The summed E-state index contributed by atoms with van der Waals surface area (Å²) in [7, 11) is 1.36. The molecule has 0 aromatic heterocycles. The first-order chi connectivity index (χ1) is 8.24. The van der Waals surface area contributed by atoms with E-state index < -0.39 is 0 Å². The highest BCUT2D eigenvalue weighted by molar-refractivity contribution is 7.99. The van der Waals surface area contributed by atoms with Crippen LogP contribution in [0.5, 0.6) is 0 Å². The number of carbonyl (C=O) groups is 1. The standard InChI is InChI=1S/C9H16N2O4S2/c1-15-9(12)5-3-2-4-8(17-11-14)6-7-16-10-13/h8H,2-7H2,1H3. The van der Waals surface area contributed by atoms with E-state index >= 15 is 0 Å². The lowest BCUT2D eigenvalue weighted by Crippen LogP contribution is -2.04. The Balaban J connectivity index is 3.64. The second-order valence-corrected chi connectivity index (χ2v) is 5.16. The fraction of sp³-hybridized carbons (Fsp3) is 0.889. The molecule has 0 spiro atoms. The summed E-state index contributed by atoms with van der Waals surface area (Å²) in [6.45, 7) is 0. The largest absolute Gasteiger partial charge is 0.469 e. The molecule has 0 heterocycles. The predicted molar refractivity (Wildman–Crippen MR) is 70.5 cm³/mol. The highest BCUT2D eigenvalue weighted by Gasteiger charge is 2.11. The first-order valence-electron chi connectivity index (χ1n) is 5.24. The van der Waals surface area contributed by atoms with E-state index in [4.69, 9.17) is 0 Å². The second-order valence-electron chi connectivity index (χ2n) is 3.32. The van der Waals surface area contributed by atoms with Crippen LogP contribution in [-0.2, 0) is 9.53 Å². The number of carbonyl (C=O) groups excluding carboxylic acids is 1. The number of hydrogen-bond donors (Lipinski definition) is 0. The molecule has 0 radical (unpaired) electrons. The third-order valence-corrected chi connectivity index (χ3v) is 3.54. The molecule has 0 N–H and O–H groups in total. The maximum Gasteiger partial charge on any atom is 0.305 e. The van der Waals surface area contributed by atoms with Crippen LogP contribution in [0.1, 0.15) is 32.1 Å². The van der Waals surface area contributed by atoms with Crippen LogP contribution >= 0.6 is 23.9 Å². The van der Waals surface area contributed by atoms with Crippen molar-refractivity contribution in [2.75, 3.05) is 12.9 Å². The van der Waals surface area contributed by atoms with E-state index in [2.05, 4.69) is 13.9 Å². The summed E-state index contributed by atoms with van der Waals surface area (Å²) in [6.07, 6.45) is 3.48. The predicted octanol–water partition coefficient (Wildman–Crippen LogP) is 3.31. The van der Waals surface area contributed by atoms with Gasteiger partial charge >= 0.3 is 5.97 Å². The minimum Gasteiger partial charge on any atom is -0.469 e. The van der Waals surface area contributed by atoms with E-state index in [0.717, 1.165) is 43.2 Å². The number of hydrogen-bond acceptors (Lipinski definition) is 8. The van der Waals surface area contributed by atoms with Gasteiger partial charge in [0, 0.05) is 50.5 Å². The Morgan fingerprint density at radius 2 is 2.00 bits per heavy atom. The second kappa shape index (κ2) is 11.8. The van der Waals surface area contributed by atoms with Crippen LogP contribution in [0.4, 0.5) is 0 Å². The quantitative estimate of drug-likeness (QED) is 0.250. The summed E-state index contributed by atoms with van der Waals surface area (Å²) >= 11 is 1.94. The number of ether oxygens (including phenoxy) is 1. The van der Waals surface area contributed by atoms with E-state index in [0.29, 0.717) is 18.6 Å². The third-order valence-electron chi connectivity index (χ3n) is 2.16. The number of esters is 1. The van der Waals surface area contributed by atoms with Gasteiger partial charge in [-0.25, -0.2) is 0 Å². The molecule has 8 heteroatoms.